The molecule has 4 aromatic rings. The second-order valence-corrected chi connectivity index (χ2v) is 14.2. The summed E-state index contributed by atoms with van der Waals surface area (Å²) in [5, 5.41) is 0. The average Bonchev–Trinajstić information content (AvgIpc) is 3.21. The number of carbonyl (C=O) groups is 2. The molecule has 0 spiro atoms. The number of benzene rings is 4. The molecule has 0 bridgehead atoms. The number of esters is 2. The van der Waals surface area contributed by atoms with Gasteiger partial charge in [-0.2, -0.15) is 0 Å². The zero-order valence-corrected chi connectivity index (χ0v) is 31.9. The standard InChI is InChI=1S/C48H62O5/c49-46(51-39-40-53-48(43-31-21-16-22-32-43,44-33-23-17-24-34-44)45-35-25-18-26-36-45)37-27-13-11-9-7-5-3-1-2-4-6-8-10-12-14-28-38-47(50)52-41-42-29-19-15-20-30-42/h15-26,29-36H,1-14,27-28,37-41H2. The lowest BCUT2D eigenvalue weighted by Gasteiger charge is -2.35. The molecule has 0 fully saturated rings. The van der Waals surface area contributed by atoms with Crippen LogP contribution in [0.2, 0.25) is 0 Å². The summed E-state index contributed by atoms with van der Waals surface area (Å²) in [5.41, 5.74) is 3.35. The highest BCUT2D eigenvalue weighted by Crippen LogP contribution is 2.40. The molecule has 0 aliphatic rings. The summed E-state index contributed by atoms with van der Waals surface area (Å²) >= 11 is 0. The molecule has 0 radical (unpaired) electrons. The van der Waals surface area contributed by atoms with Crippen molar-refractivity contribution in [3.63, 3.8) is 0 Å². The Morgan fingerprint density at radius 3 is 1.08 bits per heavy atom. The largest absolute Gasteiger partial charge is 0.463 e. The Bertz CT molecular complexity index is 1410. The van der Waals surface area contributed by atoms with E-state index in [9.17, 15) is 9.59 Å². The Kier molecular flexibility index (Phi) is 20.1. The molecule has 0 saturated carbocycles. The van der Waals surface area contributed by atoms with Crippen molar-refractivity contribution in [3.8, 4) is 0 Å². The Morgan fingerprint density at radius 1 is 0.377 bits per heavy atom. The summed E-state index contributed by atoms with van der Waals surface area (Å²) in [5.74, 6) is -0.228. The fourth-order valence-corrected chi connectivity index (χ4v) is 7.01. The van der Waals surface area contributed by atoms with Crippen LogP contribution in [0, 0.1) is 0 Å². The zero-order valence-electron chi connectivity index (χ0n) is 31.9. The molecule has 0 atom stereocenters. The van der Waals surface area contributed by atoms with Crippen LogP contribution < -0.4 is 0 Å². The molecule has 0 N–H and O–H groups in total. The molecule has 0 aliphatic heterocycles. The molecular formula is C48H62O5. The maximum atomic E-state index is 12.5. The van der Waals surface area contributed by atoms with Crippen molar-refractivity contribution in [2.24, 2.45) is 0 Å². The number of rotatable bonds is 28. The van der Waals surface area contributed by atoms with Gasteiger partial charge >= 0.3 is 11.9 Å². The Balaban J connectivity index is 0.952. The number of hydrogen-bond donors (Lipinski definition) is 0. The van der Waals surface area contributed by atoms with Crippen molar-refractivity contribution in [1.29, 1.82) is 0 Å². The van der Waals surface area contributed by atoms with Crippen molar-refractivity contribution in [2.45, 2.75) is 128 Å². The van der Waals surface area contributed by atoms with Gasteiger partial charge in [-0.3, -0.25) is 9.59 Å². The van der Waals surface area contributed by atoms with Gasteiger partial charge in [-0.05, 0) is 35.1 Å². The molecule has 5 nitrogen and oxygen atoms in total. The number of carbonyl (C=O) groups excluding carboxylic acids is 2. The van der Waals surface area contributed by atoms with Gasteiger partial charge in [0.25, 0.3) is 0 Å². The van der Waals surface area contributed by atoms with Gasteiger partial charge < -0.3 is 14.2 Å². The molecule has 0 aliphatic carbocycles. The van der Waals surface area contributed by atoms with Crippen molar-refractivity contribution < 1.29 is 23.8 Å². The lowest BCUT2D eigenvalue weighted by atomic mass is 9.80. The Labute approximate surface area is 319 Å². The van der Waals surface area contributed by atoms with Crippen LogP contribution in [0.15, 0.2) is 121 Å². The minimum absolute atomic E-state index is 0.0841. The first-order valence-corrected chi connectivity index (χ1v) is 20.3. The number of ether oxygens (including phenoxy) is 3. The molecule has 0 aromatic heterocycles. The van der Waals surface area contributed by atoms with Gasteiger partial charge in [0.1, 0.15) is 18.8 Å². The average molecular weight is 719 g/mol. The SMILES string of the molecule is O=C(CCCCCCCCCCCCCCCCCCC(=O)OCc1ccccc1)OCCOC(c1ccccc1)(c1ccccc1)c1ccccc1. The van der Waals surface area contributed by atoms with Crippen molar-refractivity contribution >= 4 is 11.9 Å². The van der Waals surface area contributed by atoms with Crippen LogP contribution in [0.25, 0.3) is 0 Å². The van der Waals surface area contributed by atoms with Crippen LogP contribution in [0.1, 0.15) is 138 Å². The van der Waals surface area contributed by atoms with Gasteiger partial charge in [0.05, 0.1) is 6.61 Å². The molecule has 0 amide bonds. The summed E-state index contributed by atoms with van der Waals surface area (Å²) in [7, 11) is 0. The van der Waals surface area contributed by atoms with E-state index in [0.717, 1.165) is 47.9 Å². The summed E-state index contributed by atoms with van der Waals surface area (Å²) in [6, 6.07) is 40.7. The van der Waals surface area contributed by atoms with Crippen LogP contribution >= 0.6 is 0 Å². The summed E-state index contributed by atoms with van der Waals surface area (Å²) in [4.78, 5) is 24.4. The van der Waals surface area contributed by atoms with Crippen LogP contribution in [0.5, 0.6) is 0 Å². The van der Waals surface area contributed by atoms with E-state index in [1.54, 1.807) is 0 Å². The quantitative estimate of drug-likeness (QED) is 0.0332. The van der Waals surface area contributed by atoms with Crippen molar-refractivity contribution in [1.82, 2.24) is 0 Å². The van der Waals surface area contributed by atoms with Gasteiger partial charge in [-0.1, -0.05) is 211 Å². The third kappa shape index (κ3) is 15.7. The lowest BCUT2D eigenvalue weighted by molar-refractivity contribution is -0.147. The van der Waals surface area contributed by atoms with E-state index in [0.29, 0.717) is 26.1 Å². The first kappa shape index (κ1) is 41.5. The van der Waals surface area contributed by atoms with Crippen LogP contribution in [0.4, 0.5) is 0 Å². The molecule has 4 aromatic carbocycles. The first-order chi connectivity index (χ1) is 26.2. The highest BCUT2D eigenvalue weighted by Gasteiger charge is 2.37. The number of hydrogen-bond acceptors (Lipinski definition) is 5. The molecule has 5 heteroatoms. The highest BCUT2D eigenvalue weighted by molar-refractivity contribution is 5.69. The van der Waals surface area contributed by atoms with E-state index in [2.05, 4.69) is 36.4 Å². The molecule has 53 heavy (non-hydrogen) atoms. The molecule has 4 rings (SSSR count). The van der Waals surface area contributed by atoms with Crippen LogP contribution in [-0.2, 0) is 36.0 Å². The molecule has 284 valence electrons. The predicted molar refractivity (Wildman–Crippen MR) is 215 cm³/mol. The normalized spacial score (nSPS) is 11.3. The van der Waals surface area contributed by atoms with Gasteiger partial charge in [-0.25, -0.2) is 0 Å². The molecule has 0 heterocycles. The summed E-state index contributed by atoms with van der Waals surface area (Å²) in [6.45, 7) is 0.894. The smallest absolute Gasteiger partial charge is 0.306 e. The minimum atomic E-state index is -0.804. The fraction of sp³-hybridized carbons (Fsp3) is 0.458. The van der Waals surface area contributed by atoms with Gasteiger partial charge in [0.2, 0.25) is 0 Å². The van der Waals surface area contributed by atoms with Crippen LogP contribution in [-0.4, -0.2) is 25.2 Å². The second kappa shape index (κ2) is 25.7. The van der Waals surface area contributed by atoms with E-state index >= 15 is 0 Å². The highest BCUT2D eigenvalue weighted by atomic mass is 16.6. The zero-order chi connectivity index (χ0) is 37.1. The summed E-state index contributed by atoms with van der Waals surface area (Å²) < 4.78 is 17.7. The van der Waals surface area contributed by atoms with Crippen molar-refractivity contribution in [2.75, 3.05) is 13.2 Å². The van der Waals surface area contributed by atoms with Gasteiger partial charge in [0.15, 0.2) is 0 Å². The maximum absolute atomic E-state index is 12.5. The first-order valence-electron chi connectivity index (χ1n) is 20.3. The molecular weight excluding hydrogens is 657 g/mol. The van der Waals surface area contributed by atoms with E-state index in [1.165, 1.54) is 77.0 Å². The van der Waals surface area contributed by atoms with E-state index in [-0.39, 0.29) is 18.5 Å². The van der Waals surface area contributed by atoms with E-state index in [1.807, 2.05) is 84.9 Å². The third-order valence-electron chi connectivity index (χ3n) is 9.96. The Hall–Kier alpha value is -4.22. The van der Waals surface area contributed by atoms with Crippen molar-refractivity contribution in [3.05, 3.63) is 144 Å². The van der Waals surface area contributed by atoms with E-state index in [4.69, 9.17) is 14.2 Å². The third-order valence-corrected chi connectivity index (χ3v) is 9.96. The topological polar surface area (TPSA) is 61.8 Å². The molecule has 0 unspecified atom stereocenters. The monoisotopic (exact) mass is 718 g/mol. The van der Waals surface area contributed by atoms with Gasteiger partial charge in [0, 0.05) is 12.8 Å². The van der Waals surface area contributed by atoms with Gasteiger partial charge in [-0.15, -0.1) is 0 Å². The minimum Gasteiger partial charge on any atom is -0.463 e. The molecule has 0 saturated heterocycles. The fourth-order valence-electron chi connectivity index (χ4n) is 7.01. The Morgan fingerprint density at radius 2 is 0.698 bits per heavy atom. The maximum Gasteiger partial charge on any atom is 0.306 e. The van der Waals surface area contributed by atoms with Crippen LogP contribution in [0.3, 0.4) is 0 Å². The second-order valence-electron chi connectivity index (χ2n) is 14.2. The lowest BCUT2D eigenvalue weighted by Crippen LogP contribution is -2.34. The number of unbranched alkanes of at least 4 members (excludes halogenated alkanes) is 15. The predicted octanol–water partition coefficient (Wildman–Crippen LogP) is 12.3. The summed E-state index contributed by atoms with van der Waals surface area (Å²) in [6.07, 6.45) is 20.4. The van der Waals surface area contributed by atoms with E-state index < -0.39 is 5.60 Å².